The second-order valence-electron chi connectivity index (χ2n) is 4.95. The first kappa shape index (κ1) is 15.1. The molecule has 2 unspecified atom stereocenters. The Morgan fingerprint density at radius 2 is 2.33 bits per heavy atom. The lowest BCUT2D eigenvalue weighted by Crippen LogP contribution is -2.45. The molecule has 0 bridgehead atoms. The van der Waals surface area contributed by atoms with E-state index in [4.69, 9.17) is 10.2 Å². The molecule has 2 atom stereocenters. The maximum Gasteiger partial charge on any atom is 0.289 e. The van der Waals surface area contributed by atoms with E-state index in [1.807, 2.05) is 24.8 Å². The number of nitrogens with two attached hydrogens (primary N) is 1. The summed E-state index contributed by atoms with van der Waals surface area (Å²) in [6.45, 7) is 5.46. The smallest absolute Gasteiger partial charge is 0.289 e. The van der Waals surface area contributed by atoms with Gasteiger partial charge in [-0.2, -0.15) is 0 Å². The first-order chi connectivity index (χ1) is 8.09. The summed E-state index contributed by atoms with van der Waals surface area (Å²) in [5, 5.41) is 0. The SMILES string of the molecule is Cc1ccoc1C(=O)N1CCCC(C(C)N)C1.Cl. The van der Waals surface area contributed by atoms with Gasteiger partial charge in [-0.25, -0.2) is 0 Å². The molecular weight excluding hydrogens is 252 g/mol. The summed E-state index contributed by atoms with van der Waals surface area (Å²) < 4.78 is 5.25. The summed E-state index contributed by atoms with van der Waals surface area (Å²) in [5.41, 5.74) is 6.82. The molecule has 2 heterocycles. The molecule has 0 spiro atoms. The number of nitrogens with zero attached hydrogens (tertiary/aromatic N) is 1. The molecule has 1 amide bonds. The zero-order valence-corrected chi connectivity index (χ0v) is 11.7. The van der Waals surface area contributed by atoms with Crippen molar-refractivity contribution in [2.75, 3.05) is 13.1 Å². The number of furan rings is 1. The van der Waals surface area contributed by atoms with Crippen LogP contribution in [0.1, 0.15) is 35.9 Å². The van der Waals surface area contributed by atoms with Crippen molar-refractivity contribution in [2.24, 2.45) is 11.7 Å². The van der Waals surface area contributed by atoms with Crippen LogP contribution in [0.15, 0.2) is 16.7 Å². The van der Waals surface area contributed by atoms with Gasteiger partial charge in [0, 0.05) is 24.7 Å². The Kier molecular flexibility index (Phi) is 5.23. The van der Waals surface area contributed by atoms with Crippen molar-refractivity contribution < 1.29 is 9.21 Å². The molecular formula is C13H21ClN2O2. The Bertz CT molecular complexity index is 403. The zero-order valence-electron chi connectivity index (χ0n) is 10.9. The number of halogens is 1. The minimum atomic E-state index is -0.00199. The minimum Gasteiger partial charge on any atom is -0.459 e. The Balaban J connectivity index is 0.00000162. The lowest BCUT2D eigenvalue weighted by atomic mass is 9.92. The molecule has 1 fully saturated rings. The van der Waals surface area contributed by atoms with Crippen molar-refractivity contribution in [3.8, 4) is 0 Å². The number of amides is 1. The van der Waals surface area contributed by atoms with Crippen LogP contribution in [0.2, 0.25) is 0 Å². The Labute approximate surface area is 114 Å². The summed E-state index contributed by atoms with van der Waals surface area (Å²) >= 11 is 0. The number of rotatable bonds is 2. The van der Waals surface area contributed by atoms with E-state index in [1.54, 1.807) is 6.26 Å². The maximum absolute atomic E-state index is 12.2. The van der Waals surface area contributed by atoms with Gasteiger partial charge in [-0.05, 0) is 38.7 Å². The Morgan fingerprint density at radius 3 is 2.89 bits per heavy atom. The number of piperidine rings is 1. The molecule has 4 nitrogen and oxygen atoms in total. The third-order valence-corrected chi connectivity index (χ3v) is 3.54. The fourth-order valence-electron chi connectivity index (χ4n) is 2.36. The highest BCUT2D eigenvalue weighted by Crippen LogP contribution is 2.21. The van der Waals surface area contributed by atoms with Gasteiger partial charge in [0.25, 0.3) is 5.91 Å². The van der Waals surface area contributed by atoms with Crippen molar-refractivity contribution >= 4 is 18.3 Å². The molecule has 2 N–H and O–H groups in total. The summed E-state index contributed by atoms with van der Waals surface area (Å²) in [4.78, 5) is 14.1. The van der Waals surface area contributed by atoms with Gasteiger partial charge in [-0.15, -0.1) is 12.4 Å². The van der Waals surface area contributed by atoms with Crippen LogP contribution in [0.5, 0.6) is 0 Å². The predicted molar refractivity (Wildman–Crippen MR) is 73.0 cm³/mol. The third-order valence-electron chi connectivity index (χ3n) is 3.54. The Hall–Kier alpha value is -1.00. The van der Waals surface area contributed by atoms with Crippen molar-refractivity contribution in [1.82, 2.24) is 4.90 Å². The molecule has 1 aromatic rings. The highest BCUT2D eigenvalue weighted by molar-refractivity contribution is 5.92. The van der Waals surface area contributed by atoms with Crippen LogP contribution >= 0.6 is 12.4 Å². The normalized spacial score (nSPS) is 21.3. The van der Waals surface area contributed by atoms with Crippen LogP contribution in [0.3, 0.4) is 0 Å². The largest absolute Gasteiger partial charge is 0.459 e. The van der Waals surface area contributed by atoms with Gasteiger partial charge in [0.05, 0.1) is 6.26 Å². The lowest BCUT2D eigenvalue weighted by molar-refractivity contribution is 0.0628. The summed E-state index contributed by atoms with van der Waals surface area (Å²) in [5.74, 6) is 0.871. The summed E-state index contributed by atoms with van der Waals surface area (Å²) in [6.07, 6.45) is 3.70. The van der Waals surface area contributed by atoms with Crippen LogP contribution in [-0.2, 0) is 0 Å². The van der Waals surface area contributed by atoms with Crippen molar-refractivity contribution in [2.45, 2.75) is 32.7 Å². The van der Waals surface area contributed by atoms with E-state index in [-0.39, 0.29) is 24.4 Å². The molecule has 0 radical (unpaired) electrons. The maximum atomic E-state index is 12.2. The van der Waals surface area contributed by atoms with Crippen molar-refractivity contribution in [1.29, 1.82) is 0 Å². The number of hydrogen-bond acceptors (Lipinski definition) is 3. The van der Waals surface area contributed by atoms with Gasteiger partial charge in [-0.3, -0.25) is 4.79 Å². The first-order valence-corrected chi connectivity index (χ1v) is 6.18. The van der Waals surface area contributed by atoms with E-state index in [9.17, 15) is 4.79 Å². The van der Waals surface area contributed by atoms with Crippen LogP contribution in [0.4, 0.5) is 0 Å². The van der Waals surface area contributed by atoms with Gasteiger partial charge in [0.15, 0.2) is 5.76 Å². The molecule has 0 saturated carbocycles. The summed E-state index contributed by atoms with van der Waals surface area (Å²) in [7, 11) is 0. The van der Waals surface area contributed by atoms with E-state index < -0.39 is 0 Å². The molecule has 1 aromatic heterocycles. The molecule has 0 aliphatic carbocycles. The topological polar surface area (TPSA) is 59.5 Å². The van der Waals surface area contributed by atoms with Gasteiger partial charge >= 0.3 is 0 Å². The van der Waals surface area contributed by atoms with E-state index >= 15 is 0 Å². The molecule has 1 saturated heterocycles. The second-order valence-corrected chi connectivity index (χ2v) is 4.95. The molecule has 1 aliphatic heterocycles. The highest BCUT2D eigenvalue weighted by Gasteiger charge is 2.28. The number of aryl methyl sites for hydroxylation is 1. The third kappa shape index (κ3) is 3.06. The van der Waals surface area contributed by atoms with E-state index in [0.717, 1.165) is 31.5 Å². The average molecular weight is 273 g/mol. The average Bonchev–Trinajstić information content (AvgIpc) is 2.74. The predicted octanol–water partition coefficient (Wildman–Crippen LogP) is 2.21. The Morgan fingerprint density at radius 1 is 1.61 bits per heavy atom. The highest BCUT2D eigenvalue weighted by atomic mass is 35.5. The van der Waals surface area contributed by atoms with Crippen molar-refractivity contribution in [3.05, 3.63) is 23.7 Å². The number of carbonyl (C=O) groups is 1. The molecule has 0 aromatic carbocycles. The monoisotopic (exact) mass is 272 g/mol. The number of hydrogen-bond donors (Lipinski definition) is 1. The zero-order chi connectivity index (χ0) is 12.4. The van der Waals surface area contributed by atoms with E-state index in [0.29, 0.717) is 11.7 Å². The molecule has 102 valence electrons. The van der Waals surface area contributed by atoms with Gasteiger partial charge in [0.2, 0.25) is 0 Å². The standard InChI is InChI=1S/C13H20N2O2.ClH/c1-9-5-7-17-12(9)13(16)15-6-3-4-11(8-15)10(2)14;/h5,7,10-11H,3-4,6,8,14H2,1-2H3;1H. The molecule has 18 heavy (non-hydrogen) atoms. The second kappa shape index (κ2) is 6.25. The molecule has 5 heteroatoms. The van der Waals surface area contributed by atoms with E-state index in [2.05, 4.69) is 0 Å². The fraction of sp³-hybridized carbons (Fsp3) is 0.615. The molecule has 2 rings (SSSR count). The first-order valence-electron chi connectivity index (χ1n) is 6.18. The minimum absolute atomic E-state index is 0. The number of carbonyl (C=O) groups excluding carboxylic acids is 1. The van der Waals surface area contributed by atoms with Gasteiger partial charge < -0.3 is 15.1 Å². The van der Waals surface area contributed by atoms with E-state index in [1.165, 1.54) is 0 Å². The quantitative estimate of drug-likeness (QED) is 0.898. The van der Waals surface area contributed by atoms with Gasteiger partial charge in [0.1, 0.15) is 0 Å². The van der Waals surface area contributed by atoms with Crippen LogP contribution < -0.4 is 5.73 Å². The summed E-state index contributed by atoms with van der Waals surface area (Å²) in [6, 6.07) is 1.96. The van der Waals surface area contributed by atoms with Crippen molar-refractivity contribution in [3.63, 3.8) is 0 Å². The molecule has 1 aliphatic rings. The van der Waals surface area contributed by atoms with Crippen LogP contribution in [0, 0.1) is 12.8 Å². The lowest BCUT2D eigenvalue weighted by Gasteiger charge is -2.34. The fourth-order valence-corrected chi connectivity index (χ4v) is 2.36. The number of likely N-dealkylation sites (tertiary alicyclic amines) is 1. The van der Waals surface area contributed by atoms with Crippen LogP contribution in [-0.4, -0.2) is 29.9 Å². The van der Waals surface area contributed by atoms with Gasteiger partial charge in [-0.1, -0.05) is 0 Å². The van der Waals surface area contributed by atoms with Crippen LogP contribution in [0.25, 0.3) is 0 Å².